The summed E-state index contributed by atoms with van der Waals surface area (Å²) in [4.78, 5) is 14.2. The number of ketones is 1. The Morgan fingerprint density at radius 1 is 1.00 bits per heavy atom. The minimum Gasteiger partial charge on any atom is -0.308 e. The molecule has 0 saturated heterocycles. The molecule has 0 radical (unpaired) electrons. The van der Waals surface area contributed by atoms with Crippen LogP contribution in [-0.2, 0) is 0 Å². The van der Waals surface area contributed by atoms with Gasteiger partial charge in [-0.25, -0.2) is 0 Å². The molecular weight excluding hydrogens is 234 g/mol. The van der Waals surface area contributed by atoms with Crippen LogP contribution in [0.4, 0.5) is 0 Å². The number of benzene rings is 1. The van der Waals surface area contributed by atoms with Gasteiger partial charge in [-0.05, 0) is 14.1 Å². The molecule has 0 fully saturated rings. The largest absolute Gasteiger partial charge is 0.308 e. The molecule has 0 saturated carbocycles. The van der Waals surface area contributed by atoms with Gasteiger partial charge < -0.3 is 4.90 Å². The van der Waals surface area contributed by atoms with E-state index < -0.39 is 0 Å². The lowest BCUT2D eigenvalue weighted by Gasteiger charge is -2.26. The molecule has 0 bridgehead atoms. The van der Waals surface area contributed by atoms with Crippen LogP contribution in [0.15, 0.2) is 30.3 Å². The van der Waals surface area contributed by atoms with E-state index in [2.05, 4.69) is 0 Å². The maximum absolute atomic E-state index is 12.2. The monoisotopic (exact) mass is 265 g/mol. The predicted molar refractivity (Wildman–Crippen MR) is 85.8 cm³/mol. The maximum Gasteiger partial charge on any atom is 0.169 e. The SMILES string of the molecule is CC.CC.CN(C)CC(C)(C)C(=O)c1ccccc1. The summed E-state index contributed by atoms with van der Waals surface area (Å²) in [5, 5.41) is 0. The Bertz CT molecular complexity index is 328. The first-order chi connectivity index (χ1) is 8.93. The summed E-state index contributed by atoms with van der Waals surface area (Å²) in [5.41, 5.74) is 0.467. The Morgan fingerprint density at radius 2 is 1.42 bits per heavy atom. The molecule has 0 aliphatic rings. The van der Waals surface area contributed by atoms with Crippen molar-refractivity contribution in [1.29, 1.82) is 0 Å². The van der Waals surface area contributed by atoms with Crippen molar-refractivity contribution < 1.29 is 4.79 Å². The van der Waals surface area contributed by atoms with Crippen LogP contribution in [0.3, 0.4) is 0 Å². The number of rotatable bonds is 4. The van der Waals surface area contributed by atoms with E-state index in [-0.39, 0.29) is 11.2 Å². The van der Waals surface area contributed by atoms with Crippen molar-refractivity contribution in [3.05, 3.63) is 35.9 Å². The maximum atomic E-state index is 12.2. The molecule has 2 heteroatoms. The first-order valence-corrected chi connectivity index (χ1v) is 7.18. The van der Waals surface area contributed by atoms with E-state index >= 15 is 0 Å². The van der Waals surface area contributed by atoms with Crippen molar-refractivity contribution >= 4 is 5.78 Å². The van der Waals surface area contributed by atoms with E-state index in [0.717, 1.165) is 12.1 Å². The molecular formula is C17H31NO. The van der Waals surface area contributed by atoms with Gasteiger partial charge in [0.2, 0.25) is 0 Å². The highest BCUT2D eigenvalue weighted by atomic mass is 16.1. The second-order valence-corrected chi connectivity index (χ2v) is 4.82. The molecule has 2 nitrogen and oxygen atoms in total. The molecule has 0 amide bonds. The van der Waals surface area contributed by atoms with Crippen LogP contribution in [-0.4, -0.2) is 31.3 Å². The number of Topliss-reactive ketones (excluding diaryl/α,β-unsaturated/α-hetero) is 1. The molecule has 1 aromatic carbocycles. The van der Waals surface area contributed by atoms with Crippen LogP contribution in [0.1, 0.15) is 51.9 Å². The van der Waals surface area contributed by atoms with Crippen molar-refractivity contribution in [2.45, 2.75) is 41.5 Å². The number of hydrogen-bond acceptors (Lipinski definition) is 2. The number of hydrogen-bond donors (Lipinski definition) is 0. The van der Waals surface area contributed by atoms with E-state index in [1.54, 1.807) is 0 Å². The summed E-state index contributed by atoms with van der Waals surface area (Å²) >= 11 is 0. The van der Waals surface area contributed by atoms with Gasteiger partial charge in [-0.1, -0.05) is 71.9 Å². The number of carbonyl (C=O) groups excluding carboxylic acids is 1. The second-order valence-electron chi connectivity index (χ2n) is 4.82. The Kier molecular flexibility index (Phi) is 11.4. The van der Waals surface area contributed by atoms with Crippen LogP contribution < -0.4 is 0 Å². The van der Waals surface area contributed by atoms with Gasteiger partial charge in [-0.3, -0.25) is 4.79 Å². The zero-order chi connectivity index (χ0) is 15.5. The molecule has 110 valence electrons. The molecule has 0 unspecified atom stereocenters. The van der Waals surface area contributed by atoms with Crippen molar-refractivity contribution in [3.63, 3.8) is 0 Å². The van der Waals surface area contributed by atoms with Gasteiger partial charge in [0, 0.05) is 17.5 Å². The molecule has 0 aromatic heterocycles. The van der Waals surface area contributed by atoms with E-state index in [4.69, 9.17) is 0 Å². The zero-order valence-electron chi connectivity index (χ0n) is 13.9. The predicted octanol–water partition coefficient (Wildman–Crippen LogP) is 4.51. The summed E-state index contributed by atoms with van der Waals surface area (Å²) in [5.74, 6) is 0.205. The summed E-state index contributed by atoms with van der Waals surface area (Å²) in [7, 11) is 3.97. The summed E-state index contributed by atoms with van der Waals surface area (Å²) < 4.78 is 0. The highest BCUT2D eigenvalue weighted by Gasteiger charge is 2.28. The fraction of sp³-hybridized carbons (Fsp3) is 0.588. The van der Waals surface area contributed by atoms with Crippen LogP contribution >= 0.6 is 0 Å². The smallest absolute Gasteiger partial charge is 0.169 e. The fourth-order valence-corrected chi connectivity index (χ4v) is 1.84. The minimum absolute atomic E-state index is 0.205. The van der Waals surface area contributed by atoms with Crippen LogP contribution in [0.5, 0.6) is 0 Å². The Balaban J connectivity index is 0. The van der Waals surface area contributed by atoms with Gasteiger partial charge in [0.25, 0.3) is 0 Å². The lowest BCUT2D eigenvalue weighted by molar-refractivity contribution is 0.0797. The highest BCUT2D eigenvalue weighted by Crippen LogP contribution is 2.22. The summed E-state index contributed by atoms with van der Waals surface area (Å²) in [6, 6.07) is 9.48. The zero-order valence-corrected chi connectivity index (χ0v) is 13.9. The fourth-order valence-electron chi connectivity index (χ4n) is 1.84. The van der Waals surface area contributed by atoms with E-state index in [1.165, 1.54) is 0 Å². The molecule has 19 heavy (non-hydrogen) atoms. The van der Waals surface area contributed by atoms with Gasteiger partial charge in [0.15, 0.2) is 5.78 Å². The molecule has 0 atom stereocenters. The molecule has 0 spiro atoms. The third kappa shape index (κ3) is 7.78. The normalized spacial score (nSPS) is 9.95. The van der Waals surface area contributed by atoms with Crippen molar-refractivity contribution in [3.8, 4) is 0 Å². The van der Waals surface area contributed by atoms with Crippen molar-refractivity contribution in [2.24, 2.45) is 5.41 Å². The Hall–Kier alpha value is -1.15. The number of nitrogens with zero attached hydrogens (tertiary/aromatic N) is 1. The Morgan fingerprint density at radius 3 is 1.79 bits per heavy atom. The van der Waals surface area contributed by atoms with Crippen LogP contribution in [0, 0.1) is 5.41 Å². The number of carbonyl (C=O) groups is 1. The molecule has 0 aliphatic heterocycles. The summed E-state index contributed by atoms with van der Waals surface area (Å²) in [6.45, 7) is 12.7. The van der Waals surface area contributed by atoms with E-state index in [1.807, 2.05) is 90.9 Å². The van der Waals surface area contributed by atoms with Crippen LogP contribution in [0.25, 0.3) is 0 Å². The average Bonchev–Trinajstić information content (AvgIpc) is 2.42. The van der Waals surface area contributed by atoms with Gasteiger partial charge in [-0.2, -0.15) is 0 Å². The van der Waals surface area contributed by atoms with Gasteiger partial charge in [0.05, 0.1) is 0 Å². The van der Waals surface area contributed by atoms with Gasteiger partial charge >= 0.3 is 0 Å². The third-order valence-corrected chi connectivity index (χ3v) is 2.36. The average molecular weight is 265 g/mol. The highest BCUT2D eigenvalue weighted by molar-refractivity contribution is 6.00. The molecule has 0 aliphatic carbocycles. The van der Waals surface area contributed by atoms with Crippen molar-refractivity contribution in [2.75, 3.05) is 20.6 Å². The molecule has 0 heterocycles. The van der Waals surface area contributed by atoms with Gasteiger partial charge in [-0.15, -0.1) is 0 Å². The topological polar surface area (TPSA) is 20.3 Å². The minimum atomic E-state index is -0.329. The van der Waals surface area contributed by atoms with Crippen molar-refractivity contribution in [1.82, 2.24) is 4.90 Å². The Labute approximate surface area is 119 Å². The third-order valence-electron chi connectivity index (χ3n) is 2.36. The first-order valence-electron chi connectivity index (χ1n) is 7.18. The van der Waals surface area contributed by atoms with E-state index in [9.17, 15) is 4.79 Å². The molecule has 0 N–H and O–H groups in total. The quantitative estimate of drug-likeness (QED) is 0.747. The van der Waals surface area contributed by atoms with Crippen LogP contribution in [0.2, 0.25) is 0 Å². The lowest BCUT2D eigenvalue weighted by Crippen LogP contribution is -2.35. The molecule has 1 rings (SSSR count). The summed E-state index contributed by atoms with van der Waals surface area (Å²) in [6.07, 6.45) is 0. The molecule has 1 aromatic rings. The second kappa shape index (κ2) is 10.7. The lowest BCUT2D eigenvalue weighted by atomic mass is 9.84. The van der Waals surface area contributed by atoms with E-state index in [0.29, 0.717) is 0 Å². The first kappa shape index (κ1) is 20.2. The standard InChI is InChI=1S/C13H19NO.2C2H6/c1-13(2,10-14(3)4)12(15)11-8-6-5-7-9-11;2*1-2/h5-9H,10H2,1-4H3;2*1-2H3. The van der Waals surface area contributed by atoms with Gasteiger partial charge in [0.1, 0.15) is 0 Å².